The van der Waals surface area contributed by atoms with Gasteiger partial charge in [0.05, 0.1) is 5.56 Å². The average Bonchev–Trinajstić information content (AvgIpc) is 2.39. The van der Waals surface area contributed by atoms with E-state index in [9.17, 15) is 4.79 Å². The van der Waals surface area contributed by atoms with Crippen molar-refractivity contribution in [3.63, 3.8) is 0 Å². The molecule has 2 aliphatic heterocycles. The third-order valence-corrected chi connectivity index (χ3v) is 3.88. The second-order valence-electron chi connectivity index (χ2n) is 5.31. The van der Waals surface area contributed by atoms with Crippen LogP contribution in [-0.2, 0) is 16.8 Å². The molecule has 98 valence electrons. The Labute approximate surface area is 106 Å². The van der Waals surface area contributed by atoms with Gasteiger partial charge >= 0.3 is 0 Å². The molecule has 5 heteroatoms. The van der Waals surface area contributed by atoms with Gasteiger partial charge in [0.25, 0.3) is 5.56 Å². The number of hydrogen-bond donors (Lipinski definition) is 2. The van der Waals surface area contributed by atoms with Crippen molar-refractivity contribution in [3.05, 3.63) is 21.7 Å². The minimum atomic E-state index is -0.439. The maximum Gasteiger partial charge on any atom is 0.256 e. The zero-order valence-electron chi connectivity index (χ0n) is 10.7. The predicted molar refractivity (Wildman–Crippen MR) is 68.8 cm³/mol. The van der Waals surface area contributed by atoms with Crippen LogP contribution >= 0.6 is 0 Å². The van der Waals surface area contributed by atoms with E-state index in [0.717, 1.165) is 56.6 Å². The molecule has 1 fully saturated rings. The third kappa shape index (κ3) is 1.92. The van der Waals surface area contributed by atoms with E-state index in [1.165, 1.54) is 0 Å². The van der Waals surface area contributed by atoms with Gasteiger partial charge in [0, 0.05) is 13.2 Å². The highest BCUT2D eigenvalue weighted by Gasteiger charge is 2.33. The van der Waals surface area contributed by atoms with Crippen molar-refractivity contribution in [2.24, 2.45) is 0 Å². The van der Waals surface area contributed by atoms with Crippen molar-refractivity contribution >= 4 is 5.82 Å². The SMILES string of the molecule is CC1(c2nc3c(c(=O)[nH]2)CCCN3)CCCCO1. The number of fused-ring (bicyclic) bond motifs is 1. The number of hydrogen-bond acceptors (Lipinski definition) is 4. The Morgan fingerprint density at radius 1 is 1.33 bits per heavy atom. The number of aromatic nitrogens is 2. The molecule has 1 aromatic rings. The van der Waals surface area contributed by atoms with Gasteiger partial charge in [-0.05, 0) is 39.0 Å². The molecule has 1 aromatic heterocycles. The number of H-pyrrole nitrogens is 1. The monoisotopic (exact) mass is 249 g/mol. The van der Waals surface area contributed by atoms with Gasteiger partial charge in [0.2, 0.25) is 0 Å². The fourth-order valence-corrected chi connectivity index (χ4v) is 2.72. The van der Waals surface area contributed by atoms with Crippen LogP contribution in [-0.4, -0.2) is 23.1 Å². The van der Waals surface area contributed by atoms with E-state index in [1.54, 1.807) is 0 Å². The van der Waals surface area contributed by atoms with Crippen molar-refractivity contribution in [2.75, 3.05) is 18.5 Å². The smallest absolute Gasteiger partial charge is 0.256 e. The Morgan fingerprint density at radius 2 is 2.22 bits per heavy atom. The Bertz CT molecular complexity index is 503. The lowest BCUT2D eigenvalue weighted by molar-refractivity contribution is -0.0761. The summed E-state index contributed by atoms with van der Waals surface area (Å²) in [4.78, 5) is 19.6. The summed E-state index contributed by atoms with van der Waals surface area (Å²) in [5.74, 6) is 1.41. The van der Waals surface area contributed by atoms with Gasteiger partial charge in [-0.3, -0.25) is 4.79 Å². The van der Waals surface area contributed by atoms with Gasteiger partial charge in [0.1, 0.15) is 17.2 Å². The Balaban J connectivity index is 2.02. The summed E-state index contributed by atoms with van der Waals surface area (Å²) in [7, 11) is 0. The van der Waals surface area contributed by atoms with Crippen molar-refractivity contribution in [3.8, 4) is 0 Å². The number of nitrogens with one attached hydrogen (secondary N) is 2. The summed E-state index contributed by atoms with van der Waals surface area (Å²) in [5, 5.41) is 3.21. The summed E-state index contributed by atoms with van der Waals surface area (Å²) in [6.45, 7) is 3.64. The van der Waals surface area contributed by atoms with Crippen molar-refractivity contribution in [1.29, 1.82) is 0 Å². The lowest BCUT2D eigenvalue weighted by Crippen LogP contribution is -2.36. The molecule has 1 atom stereocenters. The number of nitrogens with zero attached hydrogens (tertiary/aromatic N) is 1. The van der Waals surface area contributed by atoms with Gasteiger partial charge < -0.3 is 15.0 Å². The van der Waals surface area contributed by atoms with E-state index in [4.69, 9.17) is 4.74 Å². The molecular formula is C13H19N3O2. The Hall–Kier alpha value is -1.36. The van der Waals surface area contributed by atoms with Gasteiger partial charge in [-0.15, -0.1) is 0 Å². The molecule has 5 nitrogen and oxygen atoms in total. The summed E-state index contributed by atoms with van der Waals surface area (Å²) < 4.78 is 5.84. The minimum Gasteiger partial charge on any atom is -0.370 e. The van der Waals surface area contributed by atoms with Crippen molar-refractivity contribution < 1.29 is 4.74 Å². The Morgan fingerprint density at radius 3 is 3.00 bits per heavy atom. The lowest BCUT2D eigenvalue weighted by Gasteiger charge is -2.33. The fourth-order valence-electron chi connectivity index (χ4n) is 2.72. The van der Waals surface area contributed by atoms with Gasteiger partial charge in [0.15, 0.2) is 0 Å². The molecule has 3 heterocycles. The largest absolute Gasteiger partial charge is 0.370 e. The zero-order chi connectivity index (χ0) is 12.6. The van der Waals surface area contributed by atoms with E-state index in [0.29, 0.717) is 5.82 Å². The van der Waals surface area contributed by atoms with Crippen LogP contribution in [0.5, 0.6) is 0 Å². The molecular weight excluding hydrogens is 230 g/mol. The molecule has 2 aliphatic rings. The number of rotatable bonds is 1. The van der Waals surface area contributed by atoms with Crippen LogP contribution in [0.25, 0.3) is 0 Å². The molecule has 2 N–H and O–H groups in total. The molecule has 0 aliphatic carbocycles. The first-order valence-electron chi connectivity index (χ1n) is 6.70. The van der Waals surface area contributed by atoms with Crippen LogP contribution in [0.4, 0.5) is 5.82 Å². The summed E-state index contributed by atoms with van der Waals surface area (Å²) in [6.07, 6.45) is 4.91. The van der Waals surface area contributed by atoms with Crippen LogP contribution in [0.2, 0.25) is 0 Å². The molecule has 0 amide bonds. The van der Waals surface area contributed by atoms with Crippen LogP contribution in [0.15, 0.2) is 4.79 Å². The molecule has 3 rings (SSSR count). The quantitative estimate of drug-likeness (QED) is 0.792. The fraction of sp³-hybridized carbons (Fsp3) is 0.692. The van der Waals surface area contributed by atoms with Crippen LogP contribution in [0.1, 0.15) is 44.0 Å². The second kappa shape index (κ2) is 4.39. The highest BCUT2D eigenvalue weighted by Crippen LogP contribution is 2.33. The van der Waals surface area contributed by atoms with Crippen LogP contribution in [0, 0.1) is 0 Å². The first-order valence-corrected chi connectivity index (χ1v) is 6.70. The molecule has 1 unspecified atom stereocenters. The normalized spacial score (nSPS) is 27.4. The molecule has 1 saturated heterocycles. The van der Waals surface area contributed by atoms with Crippen molar-refractivity contribution in [2.45, 2.75) is 44.6 Å². The number of ether oxygens (including phenoxy) is 1. The van der Waals surface area contributed by atoms with Gasteiger partial charge in [-0.1, -0.05) is 0 Å². The summed E-state index contributed by atoms with van der Waals surface area (Å²) >= 11 is 0. The lowest BCUT2D eigenvalue weighted by atomic mass is 9.94. The molecule has 0 saturated carbocycles. The highest BCUT2D eigenvalue weighted by atomic mass is 16.5. The maximum absolute atomic E-state index is 12.1. The molecule has 0 radical (unpaired) electrons. The van der Waals surface area contributed by atoms with E-state index in [-0.39, 0.29) is 5.56 Å². The molecule has 18 heavy (non-hydrogen) atoms. The van der Waals surface area contributed by atoms with Gasteiger partial charge in [-0.25, -0.2) is 4.98 Å². The Kier molecular flexibility index (Phi) is 2.86. The molecule has 0 aromatic carbocycles. The number of aromatic amines is 1. The standard InChI is InChI=1S/C13H19N3O2/c1-13(6-2-3-8-18-13)12-15-10-9(11(17)16-12)5-4-7-14-10/h2-8H2,1H3,(H2,14,15,16,17). The second-order valence-corrected chi connectivity index (χ2v) is 5.31. The topological polar surface area (TPSA) is 67.0 Å². The number of anilines is 1. The third-order valence-electron chi connectivity index (χ3n) is 3.88. The first-order chi connectivity index (χ1) is 8.69. The van der Waals surface area contributed by atoms with Crippen LogP contribution < -0.4 is 10.9 Å². The van der Waals surface area contributed by atoms with E-state index < -0.39 is 5.60 Å². The summed E-state index contributed by atoms with van der Waals surface area (Å²) in [6, 6.07) is 0. The van der Waals surface area contributed by atoms with Crippen molar-refractivity contribution in [1.82, 2.24) is 9.97 Å². The maximum atomic E-state index is 12.1. The van der Waals surface area contributed by atoms with Crippen LogP contribution in [0.3, 0.4) is 0 Å². The first kappa shape index (κ1) is 11.7. The van der Waals surface area contributed by atoms with E-state index in [2.05, 4.69) is 15.3 Å². The van der Waals surface area contributed by atoms with Gasteiger partial charge in [-0.2, -0.15) is 0 Å². The zero-order valence-corrected chi connectivity index (χ0v) is 10.7. The molecule has 0 bridgehead atoms. The van der Waals surface area contributed by atoms with E-state index >= 15 is 0 Å². The summed E-state index contributed by atoms with van der Waals surface area (Å²) in [5.41, 5.74) is 0.327. The molecule has 0 spiro atoms. The minimum absolute atomic E-state index is 0.0161. The predicted octanol–water partition coefficient (Wildman–Crippen LogP) is 1.54. The van der Waals surface area contributed by atoms with E-state index in [1.807, 2.05) is 6.92 Å². The average molecular weight is 249 g/mol. The highest BCUT2D eigenvalue weighted by molar-refractivity contribution is 5.45.